The molecule has 0 bridgehead atoms. The molecule has 0 amide bonds. The SMILES string of the molecule is CCC1OCCC1CNc1cc(C)nc(N)n1. The Kier molecular flexibility index (Phi) is 3.78. The molecule has 0 spiro atoms. The van der Waals surface area contributed by atoms with Gasteiger partial charge < -0.3 is 15.8 Å². The maximum absolute atomic E-state index is 5.65. The summed E-state index contributed by atoms with van der Waals surface area (Å²) in [5, 5.41) is 3.32. The maximum atomic E-state index is 5.65. The smallest absolute Gasteiger partial charge is 0.222 e. The summed E-state index contributed by atoms with van der Waals surface area (Å²) in [4.78, 5) is 8.21. The first kappa shape index (κ1) is 12.1. The molecular weight excluding hydrogens is 216 g/mol. The van der Waals surface area contributed by atoms with Gasteiger partial charge in [0.15, 0.2) is 0 Å². The van der Waals surface area contributed by atoms with E-state index in [-0.39, 0.29) is 0 Å². The molecule has 3 N–H and O–H groups in total. The zero-order valence-electron chi connectivity index (χ0n) is 10.4. The summed E-state index contributed by atoms with van der Waals surface area (Å²) >= 11 is 0. The van der Waals surface area contributed by atoms with Crippen molar-refractivity contribution in [3.8, 4) is 0 Å². The third-order valence-corrected chi connectivity index (χ3v) is 3.17. The minimum Gasteiger partial charge on any atom is -0.378 e. The van der Waals surface area contributed by atoms with Gasteiger partial charge in [0.1, 0.15) is 5.82 Å². The molecule has 0 saturated carbocycles. The van der Waals surface area contributed by atoms with Crippen LogP contribution >= 0.6 is 0 Å². The molecule has 0 radical (unpaired) electrons. The highest BCUT2D eigenvalue weighted by molar-refractivity contribution is 5.40. The number of hydrogen-bond donors (Lipinski definition) is 2. The van der Waals surface area contributed by atoms with Gasteiger partial charge in [0.25, 0.3) is 0 Å². The van der Waals surface area contributed by atoms with Gasteiger partial charge in [-0.15, -0.1) is 0 Å². The van der Waals surface area contributed by atoms with Crippen molar-refractivity contribution in [2.24, 2.45) is 5.92 Å². The zero-order chi connectivity index (χ0) is 12.3. The number of hydrogen-bond acceptors (Lipinski definition) is 5. The second-order valence-electron chi connectivity index (χ2n) is 4.50. The fourth-order valence-electron chi connectivity index (χ4n) is 2.30. The summed E-state index contributed by atoms with van der Waals surface area (Å²) in [6, 6.07) is 1.91. The van der Waals surface area contributed by atoms with Gasteiger partial charge in [0, 0.05) is 30.8 Å². The fourth-order valence-corrected chi connectivity index (χ4v) is 2.30. The number of aryl methyl sites for hydroxylation is 1. The van der Waals surface area contributed by atoms with E-state index in [1.165, 1.54) is 0 Å². The zero-order valence-corrected chi connectivity index (χ0v) is 10.4. The Bertz CT molecular complexity index is 363. The summed E-state index contributed by atoms with van der Waals surface area (Å²) in [5.41, 5.74) is 6.49. The Morgan fingerprint density at radius 1 is 1.53 bits per heavy atom. The first-order valence-electron chi connectivity index (χ1n) is 6.15. The summed E-state index contributed by atoms with van der Waals surface area (Å²) in [5.74, 6) is 1.69. The van der Waals surface area contributed by atoms with Crippen LogP contribution in [0, 0.1) is 12.8 Å². The highest BCUT2D eigenvalue weighted by Crippen LogP contribution is 2.23. The van der Waals surface area contributed by atoms with Crippen molar-refractivity contribution in [3.63, 3.8) is 0 Å². The third-order valence-electron chi connectivity index (χ3n) is 3.17. The van der Waals surface area contributed by atoms with Crippen LogP contribution in [-0.4, -0.2) is 29.2 Å². The predicted octanol–water partition coefficient (Wildman–Crippen LogP) is 1.59. The quantitative estimate of drug-likeness (QED) is 0.830. The first-order chi connectivity index (χ1) is 8.19. The molecule has 2 heterocycles. The van der Waals surface area contributed by atoms with E-state index in [4.69, 9.17) is 10.5 Å². The third kappa shape index (κ3) is 3.06. The van der Waals surface area contributed by atoms with Gasteiger partial charge in [0.05, 0.1) is 6.10 Å². The molecule has 1 aliphatic rings. The topological polar surface area (TPSA) is 73.1 Å². The standard InChI is InChI=1S/C12H20N4O/c1-3-10-9(4-5-17-10)7-14-11-6-8(2)15-12(13)16-11/h6,9-10H,3-5,7H2,1-2H3,(H3,13,14,15,16). The van der Waals surface area contributed by atoms with E-state index in [1.54, 1.807) is 0 Å². The molecule has 2 unspecified atom stereocenters. The molecule has 2 rings (SSSR count). The van der Waals surface area contributed by atoms with E-state index in [1.807, 2.05) is 13.0 Å². The number of nitrogens with two attached hydrogens (primary N) is 1. The van der Waals surface area contributed by atoms with Crippen molar-refractivity contribution in [3.05, 3.63) is 11.8 Å². The van der Waals surface area contributed by atoms with Crippen LogP contribution in [0.15, 0.2) is 6.07 Å². The van der Waals surface area contributed by atoms with Crippen LogP contribution in [0.1, 0.15) is 25.5 Å². The Balaban J connectivity index is 1.93. The van der Waals surface area contributed by atoms with Crippen LogP contribution in [0.4, 0.5) is 11.8 Å². The minimum absolute atomic E-state index is 0.321. The van der Waals surface area contributed by atoms with Gasteiger partial charge in [-0.25, -0.2) is 4.98 Å². The molecule has 1 aromatic rings. The van der Waals surface area contributed by atoms with Crippen LogP contribution in [0.25, 0.3) is 0 Å². The van der Waals surface area contributed by atoms with Crippen molar-refractivity contribution in [2.75, 3.05) is 24.2 Å². The molecule has 0 aromatic carbocycles. The van der Waals surface area contributed by atoms with Gasteiger partial charge in [-0.05, 0) is 19.8 Å². The van der Waals surface area contributed by atoms with Gasteiger partial charge in [0.2, 0.25) is 5.95 Å². The molecule has 1 saturated heterocycles. The van der Waals surface area contributed by atoms with Crippen LogP contribution in [0.3, 0.4) is 0 Å². The van der Waals surface area contributed by atoms with E-state index >= 15 is 0 Å². The van der Waals surface area contributed by atoms with Crippen molar-refractivity contribution in [2.45, 2.75) is 32.8 Å². The van der Waals surface area contributed by atoms with E-state index in [0.717, 1.165) is 37.5 Å². The molecule has 94 valence electrons. The second-order valence-corrected chi connectivity index (χ2v) is 4.50. The average Bonchev–Trinajstić information content (AvgIpc) is 2.72. The fraction of sp³-hybridized carbons (Fsp3) is 0.667. The van der Waals surface area contributed by atoms with Crippen LogP contribution in [0.2, 0.25) is 0 Å². The monoisotopic (exact) mass is 236 g/mol. The highest BCUT2D eigenvalue weighted by Gasteiger charge is 2.26. The molecule has 2 atom stereocenters. The minimum atomic E-state index is 0.321. The average molecular weight is 236 g/mol. The second kappa shape index (κ2) is 5.31. The van der Waals surface area contributed by atoms with Gasteiger partial charge in [-0.2, -0.15) is 4.98 Å². The molecule has 5 nitrogen and oxygen atoms in total. The van der Waals surface area contributed by atoms with Gasteiger partial charge in [-0.3, -0.25) is 0 Å². The Labute approximate surface area is 102 Å². The highest BCUT2D eigenvalue weighted by atomic mass is 16.5. The van der Waals surface area contributed by atoms with Crippen LogP contribution in [-0.2, 0) is 4.74 Å². The summed E-state index contributed by atoms with van der Waals surface area (Å²) < 4.78 is 5.65. The number of nitrogens with zero attached hydrogens (tertiary/aromatic N) is 2. The van der Waals surface area contributed by atoms with E-state index < -0.39 is 0 Å². The Hall–Kier alpha value is -1.36. The Morgan fingerprint density at radius 3 is 3.06 bits per heavy atom. The lowest BCUT2D eigenvalue weighted by molar-refractivity contribution is 0.0900. The van der Waals surface area contributed by atoms with E-state index in [9.17, 15) is 0 Å². The lowest BCUT2D eigenvalue weighted by Crippen LogP contribution is -2.23. The molecule has 17 heavy (non-hydrogen) atoms. The maximum Gasteiger partial charge on any atom is 0.222 e. The van der Waals surface area contributed by atoms with Gasteiger partial charge >= 0.3 is 0 Å². The number of anilines is 2. The molecule has 1 fully saturated rings. The van der Waals surface area contributed by atoms with Gasteiger partial charge in [-0.1, -0.05) is 6.92 Å². The number of ether oxygens (including phenoxy) is 1. The van der Waals surface area contributed by atoms with E-state index in [2.05, 4.69) is 22.2 Å². The lowest BCUT2D eigenvalue weighted by atomic mass is 10.00. The van der Waals surface area contributed by atoms with Crippen LogP contribution < -0.4 is 11.1 Å². The molecule has 1 aliphatic heterocycles. The number of nitrogen functional groups attached to an aromatic ring is 1. The summed E-state index contributed by atoms with van der Waals surface area (Å²) in [7, 11) is 0. The first-order valence-corrected chi connectivity index (χ1v) is 6.15. The molecule has 1 aromatic heterocycles. The summed E-state index contributed by atoms with van der Waals surface area (Å²) in [6.07, 6.45) is 2.56. The van der Waals surface area contributed by atoms with E-state index in [0.29, 0.717) is 18.0 Å². The summed E-state index contributed by atoms with van der Waals surface area (Å²) in [6.45, 7) is 5.83. The molecule has 0 aliphatic carbocycles. The lowest BCUT2D eigenvalue weighted by Gasteiger charge is -2.17. The van der Waals surface area contributed by atoms with Crippen molar-refractivity contribution < 1.29 is 4.74 Å². The normalized spacial score (nSPS) is 23.9. The van der Waals surface area contributed by atoms with Crippen molar-refractivity contribution in [1.29, 1.82) is 0 Å². The van der Waals surface area contributed by atoms with Crippen molar-refractivity contribution >= 4 is 11.8 Å². The van der Waals surface area contributed by atoms with Crippen LogP contribution in [0.5, 0.6) is 0 Å². The van der Waals surface area contributed by atoms with Crippen molar-refractivity contribution in [1.82, 2.24) is 9.97 Å². The predicted molar refractivity (Wildman–Crippen MR) is 67.8 cm³/mol. The molecule has 5 heteroatoms. The number of nitrogens with one attached hydrogen (secondary N) is 1. The number of rotatable bonds is 4. The molecular formula is C12H20N4O. The largest absolute Gasteiger partial charge is 0.378 e. The number of aromatic nitrogens is 2. The Morgan fingerprint density at radius 2 is 2.35 bits per heavy atom.